The van der Waals surface area contributed by atoms with Crippen LogP contribution in [0.15, 0.2) is 18.2 Å². The average molecular weight is 242 g/mol. The average Bonchev–Trinajstić information content (AvgIpc) is 2.38. The van der Waals surface area contributed by atoms with Crippen molar-refractivity contribution in [2.24, 2.45) is 0 Å². The molecule has 1 aromatic rings. The number of ether oxygens (including phenoxy) is 3. The van der Waals surface area contributed by atoms with Crippen LogP contribution in [0.3, 0.4) is 0 Å². The monoisotopic (exact) mass is 242 g/mol. The molecule has 0 fully saturated rings. The molecule has 0 heterocycles. The van der Waals surface area contributed by atoms with Gasteiger partial charge in [-0.2, -0.15) is 0 Å². The third kappa shape index (κ3) is 4.22. The molecule has 0 saturated heterocycles. The molecule has 1 aromatic carbocycles. The largest absolute Gasteiger partial charge is 0.493 e. The molecular weight excluding hydrogens is 224 g/mol. The summed E-state index contributed by atoms with van der Waals surface area (Å²) >= 11 is 0. The van der Waals surface area contributed by atoms with Crippen molar-refractivity contribution in [3.63, 3.8) is 0 Å². The molecule has 0 bridgehead atoms. The van der Waals surface area contributed by atoms with Crippen LogP contribution >= 0.6 is 0 Å². The Morgan fingerprint density at radius 1 is 1.12 bits per heavy atom. The minimum Gasteiger partial charge on any atom is -0.493 e. The van der Waals surface area contributed by atoms with Gasteiger partial charge in [-0.05, 0) is 6.07 Å². The van der Waals surface area contributed by atoms with Crippen LogP contribution in [0.5, 0.6) is 11.5 Å². The zero-order chi connectivity index (χ0) is 12.5. The van der Waals surface area contributed by atoms with E-state index in [1.807, 2.05) is 0 Å². The van der Waals surface area contributed by atoms with Crippen LogP contribution in [0.2, 0.25) is 0 Å². The van der Waals surface area contributed by atoms with Gasteiger partial charge in [-0.3, -0.25) is 0 Å². The van der Waals surface area contributed by atoms with Crippen LogP contribution in [0.25, 0.3) is 0 Å². The molecule has 5 heteroatoms. The third-order valence-electron chi connectivity index (χ3n) is 2.16. The summed E-state index contributed by atoms with van der Waals surface area (Å²) in [5, 5.41) is 17.7. The molecule has 2 N–H and O–H groups in total. The molecule has 0 aliphatic rings. The van der Waals surface area contributed by atoms with Crippen LogP contribution in [0, 0.1) is 0 Å². The summed E-state index contributed by atoms with van der Waals surface area (Å²) in [6.45, 7) is 0.902. The highest BCUT2D eigenvalue weighted by molar-refractivity contribution is 5.46. The Kier molecular flexibility index (Phi) is 6.39. The zero-order valence-corrected chi connectivity index (χ0v) is 9.89. The van der Waals surface area contributed by atoms with Crippen molar-refractivity contribution in [2.75, 3.05) is 33.5 Å². The highest BCUT2D eigenvalue weighted by Crippen LogP contribution is 2.30. The fraction of sp³-hybridized carbons (Fsp3) is 0.500. The summed E-state index contributed by atoms with van der Waals surface area (Å²) < 4.78 is 15.7. The van der Waals surface area contributed by atoms with Crippen molar-refractivity contribution in [1.29, 1.82) is 0 Å². The second-order valence-electron chi connectivity index (χ2n) is 3.29. The van der Waals surface area contributed by atoms with Crippen LogP contribution in [-0.4, -0.2) is 43.8 Å². The van der Waals surface area contributed by atoms with Gasteiger partial charge < -0.3 is 24.4 Å². The predicted molar refractivity (Wildman–Crippen MR) is 62.3 cm³/mol. The number of para-hydroxylation sites is 1. The van der Waals surface area contributed by atoms with Gasteiger partial charge in [-0.25, -0.2) is 0 Å². The van der Waals surface area contributed by atoms with E-state index in [4.69, 9.17) is 19.3 Å². The van der Waals surface area contributed by atoms with Gasteiger partial charge in [0.25, 0.3) is 0 Å². The van der Waals surface area contributed by atoms with Gasteiger partial charge in [-0.15, -0.1) is 0 Å². The summed E-state index contributed by atoms with van der Waals surface area (Å²) in [6, 6.07) is 5.33. The molecule has 0 aliphatic heterocycles. The van der Waals surface area contributed by atoms with E-state index in [-0.39, 0.29) is 13.2 Å². The smallest absolute Gasteiger partial charge is 0.166 e. The first-order valence-corrected chi connectivity index (χ1v) is 5.41. The standard InChI is InChI=1S/C12H18O5/c1-15-11-4-2-3-10(9-14)12(11)17-8-7-16-6-5-13/h2-4,13-14H,5-9H2,1H3. The number of methoxy groups -OCH3 is 1. The number of hydrogen-bond acceptors (Lipinski definition) is 5. The lowest BCUT2D eigenvalue weighted by Crippen LogP contribution is -2.10. The molecule has 5 nitrogen and oxygen atoms in total. The number of rotatable bonds is 8. The first-order chi connectivity index (χ1) is 8.33. The highest BCUT2D eigenvalue weighted by Gasteiger charge is 2.09. The normalized spacial score (nSPS) is 10.3. The molecule has 0 saturated carbocycles. The number of aliphatic hydroxyl groups is 2. The Hall–Kier alpha value is -1.30. The van der Waals surface area contributed by atoms with Gasteiger partial charge >= 0.3 is 0 Å². The number of hydrogen-bond donors (Lipinski definition) is 2. The topological polar surface area (TPSA) is 68.2 Å². The summed E-state index contributed by atoms with van der Waals surface area (Å²) in [5.41, 5.74) is 0.673. The van der Waals surface area contributed by atoms with Gasteiger partial charge in [-0.1, -0.05) is 12.1 Å². The van der Waals surface area contributed by atoms with Gasteiger partial charge in [0.1, 0.15) is 6.61 Å². The molecule has 0 aromatic heterocycles. The lowest BCUT2D eigenvalue weighted by atomic mass is 10.2. The minimum absolute atomic E-state index is 0.00342. The van der Waals surface area contributed by atoms with Crippen molar-refractivity contribution in [3.05, 3.63) is 23.8 Å². The number of aliphatic hydroxyl groups excluding tert-OH is 2. The van der Waals surface area contributed by atoms with Crippen molar-refractivity contribution >= 4 is 0 Å². The molecule has 1 rings (SSSR count). The Morgan fingerprint density at radius 2 is 1.94 bits per heavy atom. The van der Waals surface area contributed by atoms with E-state index < -0.39 is 0 Å². The van der Waals surface area contributed by atoms with Gasteiger partial charge in [0.15, 0.2) is 11.5 Å². The third-order valence-corrected chi connectivity index (χ3v) is 2.16. The fourth-order valence-corrected chi connectivity index (χ4v) is 1.38. The molecule has 0 unspecified atom stereocenters. The first kappa shape index (κ1) is 13.8. The summed E-state index contributed by atoms with van der Waals surface area (Å²) in [5.74, 6) is 1.11. The summed E-state index contributed by atoms with van der Waals surface area (Å²) in [7, 11) is 1.55. The highest BCUT2D eigenvalue weighted by atomic mass is 16.5. The van der Waals surface area contributed by atoms with Crippen LogP contribution in [-0.2, 0) is 11.3 Å². The van der Waals surface area contributed by atoms with E-state index in [9.17, 15) is 5.11 Å². The van der Waals surface area contributed by atoms with E-state index in [1.54, 1.807) is 25.3 Å². The van der Waals surface area contributed by atoms with Gasteiger partial charge in [0.05, 0.1) is 33.5 Å². The fourth-order valence-electron chi connectivity index (χ4n) is 1.38. The molecule has 17 heavy (non-hydrogen) atoms. The van der Waals surface area contributed by atoms with Crippen molar-refractivity contribution < 1.29 is 24.4 Å². The second kappa shape index (κ2) is 7.89. The quantitative estimate of drug-likeness (QED) is 0.652. The Labute approximate surface area is 101 Å². The molecule has 0 spiro atoms. The van der Waals surface area contributed by atoms with E-state index in [1.165, 1.54) is 0 Å². The van der Waals surface area contributed by atoms with Crippen LogP contribution in [0.4, 0.5) is 0 Å². The summed E-state index contributed by atoms with van der Waals surface area (Å²) in [4.78, 5) is 0. The molecule has 0 amide bonds. The predicted octanol–water partition coefficient (Wildman–Crippen LogP) is 0.575. The maximum absolute atomic E-state index is 9.18. The lowest BCUT2D eigenvalue weighted by Gasteiger charge is -2.13. The minimum atomic E-state index is -0.107. The Balaban J connectivity index is 2.55. The Bertz CT molecular complexity index is 304. The van der Waals surface area contributed by atoms with Crippen molar-refractivity contribution in [1.82, 2.24) is 0 Å². The Morgan fingerprint density at radius 3 is 2.59 bits per heavy atom. The van der Waals surface area contributed by atoms with Crippen molar-refractivity contribution in [3.8, 4) is 11.5 Å². The molecular formula is C12H18O5. The maximum atomic E-state index is 9.18. The maximum Gasteiger partial charge on any atom is 0.166 e. The lowest BCUT2D eigenvalue weighted by molar-refractivity contribution is 0.0693. The SMILES string of the molecule is COc1cccc(CO)c1OCCOCCO. The van der Waals surface area contributed by atoms with Crippen LogP contribution < -0.4 is 9.47 Å². The van der Waals surface area contributed by atoms with Crippen LogP contribution in [0.1, 0.15) is 5.56 Å². The van der Waals surface area contributed by atoms with E-state index in [0.717, 1.165) is 0 Å². The number of benzene rings is 1. The van der Waals surface area contributed by atoms with Crippen molar-refractivity contribution in [2.45, 2.75) is 6.61 Å². The second-order valence-corrected chi connectivity index (χ2v) is 3.29. The van der Waals surface area contributed by atoms with E-state index in [2.05, 4.69) is 0 Å². The van der Waals surface area contributed by atoms with E-state index in [0.29, 0.717) is 36.9 Å². The first-order valence-electron chi connectivity index (χ1n) is 5.41. The zero-order valence-electron chi connectivity index (χ0n) is 9.89. The molecule has 96 valence electrons. The van der Waals surface area contributed by atoms with Gasteiger partial charge in [0.2, 0.25) is 0 Å². The summed E-state index contributed by atoms with van der Waals surface area (Å²) in [6.07, 6.45) is 0. The molecule has 0 aliphatic carbocycles. The molecule has 0 radical (unpaired) electrons. The molecule has 0 atom stereocenters. The van der Waals surface area contributed by atoms with E-state index >= 15 is 0 Å². The van der Waals surface area contributed by atoms with Gasteiger partial charge in [0, 0.05) is 5.56 Å².